The van der Waals surface area contributed by atoms with Crippen LogP contribution in [0.4, 0.5) is 11.6 Å². The van der Waals surface area contributed by atoms with Gasteiger partial charge in [0.2, 0.25) is 0 Å². The van der Waals surface area contributed by atoms with Gasteiger partial charge in [-0.25, -0.2) is 15.4 Å². The Morgan fingerprint density at radius 2 is 2.00 bits per heavy atom. The van der Waals surface area contributed by atoms with Crippen molar-refractivity contribution in [3.8, 4) is 0 Å². The quantitative estimate of drug-likeness (QED) is 0.479. The lowest BCUT2D eigenvalue weighted by Crippen LogP contribution is -2.35. The lowest BCUT2D eigenvalue weighted by atomic mass is 10.4. The molecule has 0 aliphatic carbocycles. The first-order valence-corrected chi connectivity index (χ1v) is 3.99. The molecule has 0 spiro atoms. The Balaban J connectivity index is 3.09. The largest absolute Gasteiger partial charge is 0.382 e. The van der Waals surface area contributed by atoms with Gasteiger partial charge in [-0.15, -0.1) is 0 Å². The lowest BCUT2D eigenvalue weighted by Gasteiger charge is -2.05. The molecule has 1 amide bonds. The Bertz CT molecular complexity index is 368. The third-order valence-electron chi connectivity index (χ3n) is 1.36. The molecule has 0 saturated carbocycles. The highest BCUT2D eigenvalue weighted by Crippen LogP contribution is 2.16. The summed E-state index contributed by atoms with van der Waals surface area (Å²) in [6.07, 6.45) is 0. The molecule has 0 saturated heterocycles. The molecule has 0 atom stereocenters. The summed E-state index contributed by atoms with van der Waals surface area (Å²) >= 11 is 5.58. The molecule has 76 valence electrons. The van der Waals surface area contributed by atoms with Crippen LogP contribution in [0.25, 0.3) is 0 Å². The molecule has 0 fully saturated rings. The predicted molar refractivity (Wildman–Crippen MR) is 52.4 cm³/mol. The Labute approximate surface area is 84.8 Å². The predicted octanol–water partition coefficient (Wildman–Crippen LogP) is -0.841. The van der Waals surface area contributed by atoms with Crippen molar-refractivity contribution in [2.75, 3.05) is 18.5 Å². The number of nitrogens with two attached hydrogens (primary N) is 2. The number of halogens is 1. The van der Waals surface area contributed by atoms with Crippen LogP contribution in [0.5, 0.6) is 0 Å². The second kappa shape index (κ2) is 4.07. The molecule has 0 bridgehead atoms. The molecule has 6 N–H and O–H groups in total. The molecule has 1 aromatic rings. The van der Waals surface area contributed by atoms with E-state index in [9.17, 15) is 4.79 Å². The second-order valence-corrected chi connectivity index (χ2v) is 2.70. The monoisotopic (exact) mass is 216 g/mol. The molecule has 0 unspecified atom stereocenters. The summed E-state index contributed by atoms with van der Waals surface area (Å²) in [6, 6.07) is 0. The van der Waals surface area contributed by atoms with Crippen molar-refractivity contribution in [3.05, 3.63) is 10.8 Å². The number of aromatic nitrogens is 2. The van der Waals surface area contributed by atoms with E-state index in [1.54, 1.807) is 0 Å². The maximum absolute atomic E-state index is 11.3. The summed E-state index contributed by atoms with van der Waals surface area (Å²) in [5, 5.41) is -0.0551. The van der Waals surface area contributed by atoms with Gasteiger partial charge >= 0.3 is 0 Å². The number of nitrogen functional groups attached to an aromatic ring is 2. The summed E-state index contributed by atoms with van der Waals surface area (Å²) in [5.41, 5.74) is 15.4. The molecule has 7 nitrogen and oxygen atoms in total. The van der Waals surface area contributed by atoms with E-state index in [0.29, 0.717) is 0 Å². The third kappa shape index (κ3) is 2.01. The highest BCUT2D eigenvalue weighted by atomic mass is 35.5. The SMILES string of the molecule is CNNC(=O)c1nc(Cl)c(N)nc1N. The molecule has 8 heteroatoms. The Morgan fingerprint density at radius 3 is 2.57 bits per heavy atom. The number of anilines is 2. The molecular weight excluding hydrogens is 208 g/mol. The molecule has 1 heterocycles. The highest BCUT2D eigenvalue weighted by molar-refractivity contribution is 6.31. The number of nitrogens with zero attached hydrogens (tertiary/aromatic N) is 2. The van der Waals surface area contributed by atoms with Crippen molar-refractivity contribution in [2.24, 2.45) is 0 Å². The maximum Gasteiger partial charge on any atom is 0.287 e. The van der Waals surface area contributed by atoms with Gasteiger partial charge in [-0.1, -0.05) is 11.6 Å². The van der Waals surface area contributed by atoms with E-state index in [-0.39, 0.29) is 22.5 Å². The van der Waals surface area contributed by atoms with E-state index in [2.05, 4.69) is 20.8 Å². The number of rotatable bonds is 2. The van der Waals surface area contributed by atoms with Gasteiger partial charge in [-0.2, -0.15) is 0 Å². The lowest BCUT2D eigenvalue weighted by molar-refractivity contribution is 0.0933. The van der Waals surface area contributed by atoms with Crippen LogP contribution in [-0.2, 0) is 0 Å². The molecule has 0 aliphatic rings. The van der Waals surface area contributed by atoms with E-state index in [1.165, 1.54) is 7.05 Å². The number of hydrogen-bond acceptors (Lipinski definition) is 6. The number of hydrazine groups is 1. The normalized spacial score (nSPS) is 9.86. The zero-order valence-corrected chi connectivity index (χ0v) is 8.09. The summed E-state index contributed by atoms with van der Waals surface area (Å²) < 4.78 is 0. The van der Waals surface area contributed by atoms with Crippen LogP contribution >= 0.6 is 11.6 Å². The van der Waals surface area contributed by atoms with Crippen molar-refractivity contribution in [1.82, 2.24) is 20.8 Å². The van der Waals surface area contributed by atoms with Crippen LogP contribution in [-0.4, -0.2) is 22.9 Å². The van der Waals surface area contributed by atoms with Crippen LogP contribution in [0.2, 0.25) is 5.15 Å². The van der Waals surface area contributed by atoms with Gasteiger partial charge in [0, 0.05) is 7.05 Å². The van der Waals surface area contributed by atoms with Crippen LogP contribution in [0.3, 0.4) is 0 Å². The second-order valence-electron chi connectivity index (χ2n) is 2.34. The van der Waals surface area contributed by atoms with Crippen molar-refractivity contribution in [2.45, 2.75) is 0 Å². The average Bonchev–Trinajstić information content (AvgIpc) is 2.11. The first kappa shape index (κ1) is 10.5. The molecule has 1 aromatic heterocycles. The molecule has 14 heavy (non-hydrogen) atoms. The topological polar surface area (TPSA) is 119 Å². The van der Waals surface area contributed by atoms with Gasteiger partial charge < -0.3 is 11.5 Å². The first-order chi connectivity index (χ1) is 6.56. The van der Waals surface area contributed by atoms with Crippen molar-refractivity contribution in [3.63, 3.8) is 0 Å². The van der Waals surface area contributed by atoms with Crippen molar-refractivity contribution >= 4 is 29.1 Å². The van der Waals surface area contributed by atoms with Crippen molar-refractivity contribution in [1.29, 1.82) is 0 Å². The zero-order chi connectivity index (χ0) is 10.7. The van der Waals surface area contributed by atoms with E-state index >= 15 is 0 Å². The van der Waals surface area contributed by atoms with Gasteiger partial charge in [0.05, 0.1) is 0 Å². The number of carbonyl (C=O) groups is 1. The number of carbonyl (C=O) groups excluding carboxylic acids is 1. The van der Waals surface area contributed by atoms with Crippen LogP contribution in [0.1, 0.15) is 10.5 Å². The number of amides is 1. The number of nitrogens with one attached hydrogen (secondary N) is 2. The summed E-state index contributed by atoms with van der Waals surface area (Å²) in [4.78, 5) is 18.6. The minimum atomic E-state index is -0.528. The van der Waals surface area contributed by atoms with Gasteiger partial charge in [0.1, 0.15) is 0 Å². The molecule has 0 aromatic carbocycles. The van der Waals surface area contributed by atoms with Gasteiger partial charge in [0.25, 0.3) is 5.91 Å². The Kier molecular flexibility index (Phi) is 3.05. The van der Waals surface area contributed by atoms with Gasteiger partial charge in [-0.05, 0) is 0 Å². The number of hydrogen-bond donors (Lipinski definition) is 4. The first-order valence-electron chi connectivity index (χ1n) is 3.61. The smallest absolute Gasteiger partial charge is 0.287 e. The molecule has 0 radical (unpaired) electrons. The minimum absolute atomic E-state index is 0.00910. The van der Waals surface area contributed by atoms with Gasteiger partial charge in [0.15, 0.2) is 22.5 Å². The fourth-order valence-electron chi connectivity index (χ4n) is 0.781. The summed E-state index contributed by atoms with van der Waals surface area (Å²) in [7, 11) is 1.53. The zero-order valence-electron chi connectivity index (χ0n) is 7.34. The van der Waals surface area contributed by atoms with E-state index in [1.807, 2.05) is 0 Å². The Morgan fingerprint density at radius 1 is 1.36 bits per heavy atom. The van der Waals surface area contributed by atoms with Gasteiger partial charge in [-0.3, -0.25) is 10.2 Å². The van der Waals surface area contributed by atoms with Crippen molar-refractivity contribution < 1.29 is 4.79 Å². The third-order valence-corrected chi connectivity index (χ3v) is 1.64. The molecule has 1 rings (SSSR count). The van der Waals surface area contributed by atoms with Crippen LogP contribution in [0.15, 0.2) is 0 Å². The molecular formula is C6H9ClN6O. The average molecular weight is 217 g/mol. The summed E-state index contributed by atoms with van der Waals surface area (Å²) in [5.74, 6) is -0.607. The van der Waals surface area contributed by atoms with Crippen LogP contribution < -0.4 is 22.3 Å². The van der Waals surface area contributed by atoms with E-state index in [4.69, 9.17) is 23.1 Å². The standard InChI is InChI=1S/C6H9ClN6O/c1-10-13-6(14)2-4(8)12-5(9)3(7)11-2/h10H,1H3,(H,13,14)(H4,8,9,12). The van der Waals surface area contributed by atoms with E-state index in [0.717, 1.165) is 0 Å². The fraction of sp³-hybridized carbons (Fsp3) is 0.167. The fourth-order valence-corrected chi connectivity index (χ4v) is 0.908. The highest BCUT2D eigenvalue weighted by Gasteiger charge is 2.14. The summed E-state index contributed by atoms with van der Waals surface area (Å²) in [6.45, 7) is 0. The molecule has 0 aliphatic heterocycles. The maximum atomic E-state index is 11.3. The van der Waals surface area contributed by atoms with Crippen LogP contribution in [0, 0.1) is 0 Å². The minimum Gasteiger partial charge on any atom is -0.382 e. The Hall–Kier alpha value is -1.60. The van der Waals surface area contributed by atoms with E-state index < -0.39 is 5.91 Å².